The van der Waals surface area contributed by atoms with Gasteiger partial charge in [-0.2, -0.15) is 0 Å². The van der Waals surface area contributed by atoms with E-state index in [9.17, 15) is 14.0 Å². The summed E-state index contributed by atoms with van der Waals surface area (Å²) < 4.78 is 21.2. The third-order valence-electron chi connectivity index (χ3n) is 6.05. The van der Waals surface area contributed by atoms with E-state index in [-0.39, 0.29) is 23.9 Å². The number of amides is 2. The van der Waals surface area contributed by atoms with Crippen molar-refractivity contribution < 1.29 is 18.7 Å². The molecule has 0 aliphatic carbocycles. The summed E-state index contributed by atoms with van der Waals surface area (Å²) in [5.41, 5.74) is 2.41. The van der Waals surface area contributed by atoms with E-state index < -0.39 is 5.82 Å². The molecule has 0 aliphatic heterocycles. The number of carbonyl (C=O) groups excluding carboxylic acids is 2. The quantitative estimate of drug-likeness (QED) is 0.342. The fraction of sp³-hybridized carbons (Fsp3) is 0.379. The fourth-order valence-corrected chi connectivity index (χ4v) is 3.95. The minimum atomic E-state index is -0.475. The van der Waals surface area contributed by atoms with Crippen LogP contribution in [0.15, 0.2) is 72.9 Å². The number of ether oxygens (including phenoxy) is 1. The van der Waals surface area contributed by atoms with Crippen molar-refractivity contribution in [1.82, 2.24) is 14.4 Å². The molecule has 6 nitrogen and oxygen atoms in total. The summed E-state index contributed by atoms with van der Waals surface area (Å²) in [6.45, 7) is 6.36. The van der Waals surface area contributed by atoms with Crippen molar-refractivity contribution in [3.05, 3.63) is 95.6 Å². The van der Waals surface area contributed by atoms with Crippen LogP contribution in [0.25, 0.3) is 0 Å². The zero-order chi connectivity index (χ0) is 25.9. The van der Waals surface area contributed by atoms with Crippen molar-refractivity contribution in [2.24, 2.45) is 5.92 Å². The van der Waals surface area contributed by atoms with E-state index in [2.05, 4.69) is 30.5 Å². The van der Waals surface area contributed by atoms with E-state index in [1.54, 1.807) is 18.1 Å². The van der Waals surface area contributed by atoms with Crippen LogP contribution in [0.2, 0.25) is 0 Å². The first-order valence-electron chi connectivity index (χ1n) is 12.4. The van der Waals surface area contributed by atoms with Gasteiger partial charge < -0.3 is 19.1 Å². The third kappa shape index (κ3) is 8.05. The molecule has 7 heteroatoms. The largest absolute Gasteiger partial charge is 0.383 e. The van der Waals surface area contributed by atoms with Gasteiger partial charge in [0.1, 0.15) is 12.4 Å². The normalized spacial score (nSPS) is 11.0. The van der Waals surface area contributed by atoms with E-state index in [1.807, 2.05) is 36.5 Å². The van der Waals surface area contributed by atoms with Gasteiger partial charge >= 0.3 is 0 Å². The highest BCUT2D eigenvalue weighted by Crippen LogP contribution is 2.14. The molecular weight excluding hydrogens is 457 g/mol. The molecule has 0 atom stereocenters. The monoisotopic (exact) mass is 493 g/mol. The lowest BCUT2D eigenvalue weighted by molar-refractivity contribution is -0.133. The molecule has 1 aromatic heterocycles. The summed E-state index contributed by atoms with van der Waals surface area (Å²) in [5, 5.41) is 0. The maximum absolute atomic E-state index is 13.8. The van der Waals surface area contributed by atoms with E-state index in [4.69, 9.17) is 4.74 Å². The van der Waals surface area contributed by atoms with Crippen LogP contribution in [-0.2, 0) is 22.6 Å². The van der Waals surface area contributed by atoms with Gasteiger partial charge in [-0.1, -0.05) is 50.2 Å². The van der Waals surface area contributed by atoms with Crippen LogP contribution in [0.1, 0.15) is 41.9 Å². The molecule has 2 aromatic carbocycles. The van der Waals surface area contributed by atoms with Gasteiger partial charge in [-0.3, -0.25) is 9.59 Å². The second-order valence-corrected chi connectivity index (χ2v) is 9.34. The molecule has 0 spiro atoms. The predicted molar refractivity (Wildman–Crippen MR) is 139 cm³/mol. The summed E-state index contributed by atoms with van der Waals surface area (Å²) in [6, 6.07) is 19.7. The molecule has 0 saturated heterocycles. The Morgan fingerprint density at radius 3 is 2.44 bits per heavy atom. The lowest BCUT2D eigenvalue weighted by atomic mass is 10.1. The van der Waals surface area contributed by atoms with Crippen molar-refractivity contribution >= 4 is 11.8 Å². The van der Waals surface area contributed by atoms with Crippen LogP contribution in [0, 0.1) is 11.7 Å². The van der Waals surface area contributed by atoms with Crippen LogP contribution < -0.4 is 0 Å². The number of carbonyl (C=O) groups is 2. The Kier molecular flexibility index (Phi) is 10.2. The SMILES string of the molecule is COCCN(Cc1cccn1Cc1ccccc1)C(=O)CN(CCC(C)C)C(=O)c1cccc(F)c1. The summed E-state index contributed by atoms with van der Waals surface area (Å²) in [4.78, 5) is 30.0. The first kappa shape index (κ1) is 27.1. The molecule has 3 aromatic rings. The molecule has 0 radical (unpaired) electrons. The minimum absolute atomic E-state index is 0.0782. The lowest BCUT2D eigenvalue weighted by Crippen LogP contribution is -2.44. The summed E-state index contributed by atoms with van der Waals surface area (Å²) in [6.07, 6.45) is 2.75. The highest BCUT2D eigenvalue weighted by Gasteiger charge is 2.23. The van der Waals surface area contributed by atoms with Gasteiger partial charge in [-0.05, 0) is 48.2 Å². The Morgan fingerprint density at radius 2 is 1.75 bits per heavy atom. The van der Waals surface area contributed by atoms with Crippen molar-refractivity contribution in [3.63, 3.8) is 0 Å². The summed E-state index contributed by atoms with van der Waals surface area (Å²) in [7, 11) is 1.60. The van der Waals surface area contributed by atoms with Gasteiger partial charge in [0, 0.05) is 44.2 Å². The highest BCUT2D eigenvalue weighted by atomic mass is 19.1. The molecule has 0 fully saturated rings. The molecule has 36 heavy (non-hydrogen) atoms. The number of halogens is 1. The van der Waals surface area contributed by atoms with Gasteiger partial charge in [-0.15, -0.1) is 0 Å². The van der Waals surface area contributed by atoms with Crippen LogP contribution in [-0.4, -0.2) is 59.5 Å². The molecular formula is C29H36FN3O3. The average molecular weight is 494 g/mol. The van der Waals surface area contributed by atoms with Crippen LogP contribution in [0.3, 0.4) is 0 Å². The average Bonchev–Trinajstić information content (AvgIpc) is 3.30. The van der Waals surface area contributed by atoms with Crippen molar-refractivity contribution in [2.45, 2.75) is 33.4 Å². The van der Waals surface area contributed by atoms with Gasteiger partial charge in [-0.25, -0.2) is 4.39 Å². The summed E-state index contributed by atoms with van der Waals surface area (Å²) >= 11 is 0. The van der Waals surface area contributed by atoms with Crippen LogP contribution in [0.4, 0.5) is 4.39 Å². The first-order chi connectivity index (χ1) is 17.4. The maximum atomic E-state index is 13.8. The van der Waals surface area contributed by atoms with Gasteiger partial charge in [0.05, 0.1) is 13.2 Å². The molecule has 0 N–H and O–H groups in total. The Balaban J connectivity index is 1.77. The smallest absolute Gasteiger partial charge is 0.254 e. The van der Waals surface area contributed by atoms with E-state index in [0.29, 0.717) is 38.7 Å². The van der Waals surface area contributed by atoms with Gasteiger partial charge in [0.2, 0.25) is 5.91 Å². The van der Waals surface area contributed by atoms with Crippen LogP contribution >= 0.6 is 0 Å². The zero-order valence-electron chi connectivity index (χ0n) is 21.4. The Hall–Kier alpha value is -3.45. The number of methoxy groups -OCH3 is 1. The molecule has 192 valence electrons. The Labute approximate surface area is 213 Å². The Morgan fingerprint density at radius 1 is 0.972 bits per heavy atom. The third-order valence-corrected chi connectivity index (χ3v) is 6.05. The number of hydrogen-bond acceptors (Lipinski definition) is 3. The van der Waals surface area contributed by atoms with Crippen molar-refractivity contribution in [2.75, 3.05) is 33.4 Å². The van der Waals surface area contributed by atoms with Crippen molar-refractivity contribution in [1.29, 1.82) is 0 Å². The number of rotatable bonds is 13. The highest BCUT2D eigenvalue weighted by molar-refractivity contribution is 5.96. The standard InChI is InChI=1S/C29H36FN3O3/c1-23(2)14-16-33(29(35)25-11-7-12-26(30)19-25)22-28(34)32(17-18-36-3)21-27-13-8-15-31(27)20-24-9-5-4-6-10-24/h4-13,15,19,23H,14,16-18,20-22H2,1-3H3. The molecule has 0 unspecified atom stereocenters. The number of aromatic nitrogens is 1. The topological polar surface area (TPSA) is 54.8 Å². The molecule has 0 aliphatic rings. The van der Waals surface area contributed by atoms with E-state index in [0.717, 1.165) is 12.1 Å². The molecule has 1 heterocycles. The Bertz CT molecular complexity index is 1110. The lowest BCUT2D eigenvalue weighted by Gasteiger charge is -2.28. The minimum Gasteiger partial charge on any atom is -0.383 e. The van der Waals surface area contributed by atoms with E-state index >= 15 is 0 Å². The second kappa shape index (κ2) is 13.6. The summed E-state index contributed by atoms with van der Waals surface area (Å²) in [5.74, 6) is -0.638. The predicted octanol–water partition coefficient (Wildman–Crippen LogP) is 4.84. The zero-order valence-corrected chi connectivity index (χ0v) is 21.4. The number of hydrogen-bond donors (Lipinski definition) is 0. The molecule has 2 amide bonds. The van der Waals surface area contributed by atoms with Crippen LogP contribution in [0.5, 0.6) is 0 Å². The van der Waals surface area contributed by atoms with E-state index in [1.165, 1.54) is 28.7 Å². The number of nitrogens with zero attached hydrogens (tertiary/aromatic N) is 3. The fourth-order valence-electron chi connectivity index (χ4n) is 3.95. The number of benzene rings is 2. The first-order valence-corrected chi connectivity index (χ1v) is 12.4. The molecule has 0 bridgehead atoms. The molecule has 0 saturated carbocycles. The van der Waals surface area contributed by atoms with Crippen molar-refractivity contribution in [3.8, 4) is 0 Å². The second-order valence-electron chi connectivity index (χ2n) is 9.34. The maximum Gasteiger partial charge on any atom is 0.254 e. The molecule has 3 rings (SSSR count). The van der Waals surface area contributed by atoms with Gasteiger partial charge in [0.25, 0.3) is 5.91 Å². The van der Waals surface area contributed by atoms with Gasteiger partial charge in [0.15, 0.2) is 0 Å².